The lowest BCUT2D eigenvalue weighted by molar-refractivity contribution is 0.239. The van der Waals surface area contributed by atoms with Crippen molar-refractivity contribution in [1.82, 2.24) is 24.8 Å². The van der Waals surface area contributed by atoms with Crippen molar-refractivity contribution in [3.05, 3.63) is 78.5 Å². The first-order chi connectivity index (χ1) is 13.8. The number of pyridine rings is 2. The van der Waals surface area contributed by atoms with E-state index in [1.165, 1.54) is 31.4 Å². The fourth-order valence-corrected chi connectivity index (χ4v) is 4.99. The van der Waals surface area contributed by atoms with Gasteiger partial charge in [0.1, 0.15) is 5.82 Å². The van der Waals surface area contributed by atoms with Gasteiger partial charge in [0.05, 0.1) is 17.8 Å². The van der Waals surface area contributed by atoms with Crippen LogP contribution in [-0.4, -0.2) is 30.6 Å². The van der Waals surface area contributed by atoms with Crippen LogP contribution >= 0.6 is 12.2 Å². The number of thiocarbonyl (C=S) groups is 1. The van der Waals surface area contributed by atoms with Gasteiger partial charge in [-0.2, -0.15) is 0 Å². The highest BCUT2D eigenvalue weighted by Crippen LogP contribution is 2.43. The Kier molecular flexibility index (Phi) is 4.56. The molecule has 5 nitrogen and oxygen atoms in total. The Hall–Kier alpha value is -2.73. The van der Waals surface area contributed by atoms with E-state index in [9.17, 15) is 0 Å². The van der Waals surface area contributed by atoms with Gasteiger partial charge in [0.15, 0.2) is 5.11 Å². The van der Waals surface area contributed by atoms with E-state index in [2.05, 4.69) is 49.1 Å². The minimum Gasteiger partial charge on any atom is -0.352 e. The SMILES string of the molecule is S=C1N[C@@H](c2ccccn2)[C@H](c2cccn2-c2ccccn2)N1C1CCCC1. The normalized spacial score (nSPS) is 22.6. The van der Waals surface area contributed by atoms with Crippen LogP contribution in [0.2, 0.25) is 0 Å². The molecule has 0 unspecified atom stereocenters. The Labute approximate surface area is 170 Å². The zero-order chi connectivity index (χ0) is 18.9. The summed E-state index contributed by atoms with van der Waals surface area (Å²) in [5.74, 6) is 0.923. The number of hydrogen-bond donors (Lipinski definition) is 1. The molecule has 5 rings (SSSR count). The molecule has 0 amide bonds. The molecule has 1 N–H and O–H groups in total. The van der Waals surface area contributed by atoms with Gasteiger partial charge in [0.2, 0.25) is 0 Å². The predicted octanol–water partition coefficient (Wildman–Crippen LogP) is 4.18. The zero-order valence-electron chi connectivity index (χ0n) is 15.6. The summed E-state index contributed by atoms with van der Waals surface area (Å²) < 4.78 is 2.18. The molecule has 2 atom stereocenters. The lowest BCUT2D eigenvalue weighted by Crippen LogP contribution is -2.38. The molecule has 3 aromatic heterocycles. The third-order valence-corrected chi connectivity index (χ3v) is 6.16. The first kappa shape index (κ1) is 17.4. The fraction of sp³-hybridized carbons (Fsp3) is 0.318. The number of nitrogens with one attached hydrogen (secondary N) is 1. The molecule has 142 valence electrons. The molecule has 0 bridgehead atoms. The maximum Gasteiger partial charge on any atom is 0.170 e. The standard InChI is InChI=1S/C22H23N5S/c28-22-25-20(17-10-3-5-13-23-17)21(27(22)16-8-1-2-9-16)18-11-7-15-26(18)19-12-4-6-14-24-19/h3-7,10-16,20-21H,1-2,8-9H2,(H,25,28)/t20-,21-/m0/s1. The van der Waals surface area contributed by atoms with Gasteiger partial charge in [0.25, 0.3) is 0 Å². The molecule has 2 fully saturated rings. The highest BCUT2D eigenvalue weighted by atomic mass is 32.1. The fourth-order valence-electron chi connectivity index (χ4n) is 4.60. The number of hydrogen-bond acceptors (Lipinski definition) is 3. The number of nitrogens with zero attached hydrogens (tertiary/aromatic N) is 4. The van der Waals surface area contributed by atoms with Crippen LogP contribution < -0.4 is 5.32 Å². The molecule has 4 heterocycles. The van der Waals surface area contributed by atoms with E-state index < -0.39 is 0 Å². The van der Waals surface area contributed by atoms with E-state index in [4.69, 9.17) is 12.2 Å². The van der Waals surface area contributed by atoms with Crippen LogP contribution in [0.5, 0.6) is 0 Å². The Morgan fingerprint density at radius 1 is 0.929 bits per heavy atom. The van der Waals surface area contributed by atoms with Crippen molar-refractivity contribution in [2.75, 3.05) is 0 Å². The Morgan fingerprint density at radius 2 is 1.71 bits per heavy atom. The van der Waals surface area contributed by atoms with Crippen molar-refractivity contribution in [3.63, 3.8) is 0 Å². The molecule has 1 saturated carbocycles. The van der Waals surface area contributed by atoms with E-state index >= 15 is 0 Å². The molecule has 0 spiro atoms. The first-order valence-electron chi connectivity index (χ1n) is 9.91. The summed E-state index contributed by atoms with van der Waals surface area (Å²) in [5.41, 5.74) is 2.21. The van der Waals surface area contributed by atoms with Crippen molar-refractivity contribution < 1.29 is 0 Å². The number of rotatable bonds is 4. The van der Waals surface area contributed by atoms with Crippen LogP contribution in [0.15, 0.2) is 67.1 Å². The molecular weight excluding hydrogens is 366 g/mol. The first-order valence-corrected chi connectivity index (χ1v) is 10.3. The van der Waals surface area contributed by atoms with Gasteiger partial charge < -0.3 is 14.8 Å². The van der Waals surface area contributed by atoms with Crippen LogP contribution in [-0.2, 0) is 0 Å². The Balaban J connectivity index is 1.62. The van der Waals surface area contributed by atoms with E-state index in [-0.39, 0.29) is 12.1 Å². The third kappa shape index (κ3) is 2.98. The highest BCUT2D eigenvalue weighted by molar-refractivity contribution is 7.80. The van der Waals surface area contributed by atoms with E-state index in [1.807, 2.05) is 42.7 Å². The summed E-state index contributed by atoms with van der Waals surface area (Å²) in [6.07, 6.45) is 10.7. The van der Waals surface area contributed by atoms with Crippen molar-refractivity contribution in [3.8, 4) is 5.82 Å². The van der Waals surface area contributed by atoms with Crippen LogP contribution in [0.3, 0.4) is 0 Å². The summed E-state index contributed by atoms with van der Waals surface area (Å²) in [7, 11) is 0. The van der Waals surface area contributed by atoms with Crippen molar-refractivity contribution >= 4 is 17.3 Å². The molecule has 2 aliphatic rings. The largest absolute Gasteiger partial charge is 0.352 e. The Bertz CT molecular complexity index is 949. The van der Waals surface area contributed by atoms with Crippen LogP contribution in [0, 0.1) is 0 Å². The van der Waals surface area contributed by atoms with Gasteiger partial charge >= 0.3 is 0 Å². The molecule has 6 heteroatoms. The van der Waals surface area contributed by atoms with Gasteiger partial charge in [-0.1, -0.05) is 25.0 Å². The maximum absolute atomic E-state index is 5.83. The van der Waals surface area contributed by atoms with E-state index in [0.29, 0.717) is 6.04 Å². The molecule has 0 radical (unpaired) electrons. The highest BCUT2D eigenvalue weighted by Gasteiger charge is 2.44. The lowest BCUT2D eigenvalue weighted by Gasteiger charge is -2.33. The average molecular weight is 390 g/mol. The Morgan fingerprint density at radius 3 is 2.43 bits per heavy atom. The molecule has 0 aromatic carbocycles. The smallest absolute Gasteiger partial charge is 0.170 e. The minimum absolute atomic E-state index is 0.0201. The van der Waals surface area contributed by atoms with Gasteiger partial charge in [-0.25, -0.2) is 4.98 Å². The van der Waals surface area contributed by atoms with Crippen LogP contribution in [0.4, 0.5) is 0 Å². The van der Waals surface area contributed by atoms with Crippen molar-refractivity contribution in [1.29, 1.82) is 0 Å². The van der Waals surface area contributed by atoms with Crippen LogP contribution in [0.25, 0.3) is 5.82 Å². The summed E-state index contributed by atoms with van der Waals surface area (Å²) in [5, 5.41) is 4.41. The molecule has 1 saturated heterocycles. The molecule has 28 heavy (non-hydrogen) atoms. The molecular formula is C22H23N5S. The summed E-state index contributed by atoms with van der Waals surface area (Å²) in [6.45, 7) is 0. The quantitative estimate of drug-likeness (QED) is 0.678. The minimum atomic E-state index is 0.0201. The topological polar surface area (TPSA) is 46.0 Å². The monoisotopic (exact) mass is 389 g/mol. The summed E-state index contributed by atoms with van der Waals surface area (Å²) in [4.78, 5) is 11.6. The van der Waals surface area contributed by atoms with Gasteiger partial charge in [-0.15, -0.1) is 0 Å². The summed E-state index contributed by atoms with van der Waals surface area (Å²) in [6, 6.07) is 17.0. The van der Waals surface area contributed by atoms with E-state index in [0.717, 1.165) is 16.6 Å². The number of aromatic nitrogens is 3. The van der Waals surface area contributed by atoms with Crippen LogP contribution in [0.1, 0.15) is 49.2 Å². The second-order valence-corrected chi connectivity index (χ2v) is 7.85. The molecule has 1 aliphatic heterocycles. The maximum atomic E-state index is 5.83. The molecule has 1 aliphatic carbocycles. The molecule has 3 aromatic rings. The van der Waals surface area contributed by atoms with Crippen molar-refractivity contribution in [2.45, 2.75) is 43.8 Å². The van der Waals surface area contributed by atoms with Gasteiger partial charge in [-0.05, 0) is 61.5 Å². The summed E-state index contributed by atoms with van der Waals surface area (Å²) >= 11 is 5.83. The van der Waals surface area contributed by atoms with Gasteiger partial charge in [0, 0.05) is 30.3 Å². The third-order valence-electron chi connectivity index (χ3n) is 5.83. The average Bonchev–Trinajstić information content (AvgIpc) is 3.48. The van der Waals surface area contributed by atoms with Crippen molar-refractivity contribution in [2.24, 2.45) is 0 Å². The second kappa shape index (κ2) is 7.36. The van der Waals surface area contributed by atoms with E-state index in [1.54, 1.807) is 0 Å². The predicted molar refractivity (Wildman–Crippen MR) is 113 cm³/mol. The second-order valence-electron chi connectivity index (χ2n) is 7.46. The zero-order valence-corrected chi connectivity index (χ0v) is 16.4. The van der Waals surface area contributed by atoms with Gasteiger partial charge in [-0.3, -0.25) is 4.98 Å². The lowest BCUT2D eigenvalue weighted by atomic mass is 9.99.